The van der Waals surface area contributed by atoms with Gasteiger partial charge in [0.2, 0.25) is 15.9 Å². The van der Waals surface area contributed by atoms with E-state index in [1.165, 1.54) is 16.1 Å². The second-order valence-corrected chi connectivity index (χ2v) is 9.06. The summed E-state index contributed by atoms with van der Waals surface area (Å²) in [6.07, 6.45) is 2.81. The van der Waals surface area contributed by atoms with Gasteiger partial charge in [-0.3, -0.25) is 4.79 Å². The number of amides is 1. The second kappa shape index (κ2) is 8.19. The van der Waals surface area contributed by atoms with E-state index in [2.05, 4.69) is 36.2 Å². The van der Waals surface area contributed by atoms with E-state index in [9.17, 15) is 13.2 Å². The summed E-state index contributed by atoms with van der Waals surface area (Å²) in [5.74, 6) is 0.462. The standard InChI is InChI=1S/C18H29N3O3S/c1-14-12-16-8-5-6-9-17(16)21(15(14)2)13-18(22)19-10-7-11-20(3)25(4,23)24/h5-6,8-9,14-15H,7,10-13H2,1-4H3,(H,19,22). The highest BCUT2D eigenvalue weighted by molar-refractivity contribution is 7.88. The minimum Gasteiger partial charge on any atom is -0.359 e. The fourth-order valence-corrected chi connectivity index (χ4v) is 3.60. The molecule has 0 aliphatic carbocycles. The van der Waals surface area contributed by atoms with Gasteiger partial charge in [-0.15, -0.1) is 0 Å². The molecule has 0 spiro atoms. The molecule has 1 amide bonds. The molecule has 140 valence electrons. The Hall–Kier alpha value is -1.60. The number of carbonyl (C=O) groups excluding carboxylic acids is 1. The number of carbonyl (C=O) groups is 1. The van der Waals surface area contributed by atoms with Gasteiger partial charge in [0.25, 0.3) is 0 Å². The van der Waals surface area contributed by atoms with E-state index >= 15 is 0 Å². The average Bonchev–Trinajstić information content (AvgIpc) is 2.54. The molecule has 6 nitrogen and oxygen atoms in total. The zero-order valence-electron chi connectivity index (χ0n) is 15.5. The molecule has 7 heteroatoms. The maximum absolute atomic E-state index is 12.3. The summed E-state index contributed by atoms with van der Waals surface area (Å²) >= 11 is 0. The lowest BCUT2D eigenvalue weighted by Crippen LogP contribution is -2.47. The maximum Gasteiger partial charge on any atom is 0.239 e. The highest BCUT2D eigenvalue weighted by atomic mass is 32.2. The van der Waals surface area contributed by atoms with Gasteiger partial charge < -0.3 is 10.2 Å². The van der Waals surface area contributed by atoms with Crippen LogP contribution in [0.5, 0.6) is 0 Å². The third-order valence-electron chi connectivity index (χ3n) is 5.01. The Morgan fingerprint density at radius 2 is 2.00 bits per heavy atom. The van der Waals surface area contributed by atoms with Crippen molar-refractivity contribution in [3.05, 3.63) is 29.8 Å². The predicted molar refractivity (Wildman–Crippen MR) is 101 cm³/mol. The number of anilines is 1. The molecule has 1 aromatic carbocycles. The van der Waals surface area contributed by atoms with E-state index in [0.717, 1.165) is 12.1 Å². The molecule has 1 aromatic rings. The van der Waals surface area contributed by atoms with Gasteiger partial charge in [0.05, 0.1) is 12.8 Å². The van der Waals surface area contributed by atoms with Crippen molar-refractivity contribution in [3.63, 3.8) is 0 Å². The van der Waals surface area contributed by atoms with Crippen molar-refractivity contribution in [2.24, 2.45) is 5.92 Å². The lowest BCUT2D eigenvalue weighted by molar-refractivity contribution is -0.119. The van der Waals surface area contributed by atoms with Crippen LogP contribution >= 0.6 is 0 Å². The Kier molecular flexibility index (Phi) is 6.46. The minimum absolute atomic E-state index is 0.0299. The van der Waals surface area contributed by atoms with Crippen molar-refractivity contribution in [2.75, 3.05) is 37.8 Å². The summed E-state index contributed by atoms with van der Waals surface area (Å²) in [5.41, 5.74) is 2.43. The van der Waals surface area contributed by atoms with Crippen molar-refractivity contribution >= 4 is 21.6 Å². The first-order chi connectivity index (χ1) is 11.7. The number of nitrogens with zero attached hydrogens (tertiary/aromatic N) is 2. The molecule has 0 saturated heterocycles. The molecule has 0 aromatic heterocycles. The second-order valence-electron chi connectivity index (χ2n) is 6.97. The highest BCUT2D eigenvalue weighted by Crippen LogP contribution is 2.33. The fraction of sp³-hybridized carbons (Fsp3) is 0.611. The van der Waals surface area contributed by atoms with Crippen LogP contribution in [-0.4, -0.2) is 57.6 Å². The van der Waals surface area contributed by atoms with Gasteiger partial charge in [0.15, 0.2) is 0 Å². The molecule has 1 N–H and O–H groups in total. The van der Waals surface area contributed by atoms with Gasteiger partial charge in [-0.05, 0) is 37.3 Å². The lowest BCUT2D eigenvalue weighted by Gasteiger charge is -2.40. The molecule has 1 aliphatic rings. The van der Waals surface area contributed by atoms with E-state index < -0.39 is 10.0 Å². The molecular formula is C18H29N3O3S. The summed E-state index contributed by atoms with van der Waals surface area (Å²) in [6.45, 7) is 5.57. The smallest absolute Gasteiger partial charge is 0.239 e. The van der Waals surface area contributed by atoms with Crippen LogP contribution in [0.4, 0.5) is 5.69 Å². The first kappa shape index (κ1) is 19.7. The zero-order chi connectivity index (χ0) is 18.6. The molecule has 0 fully saturated rings. The largest absolute Gasteiger partial charge is 0.359 e. The quantitative estimate of drug-likeness (QED) is 0.741. The van der Waals surface area contributed by atoms with E-state index in [1.54, 1.807) is 7.05 Å². The molecule has 0 bridgehead atoms. The van der Waals surface area contributed by atoms with Gasteiger partial charge in [-0.2, -0.15) is 0 Å². The molecule has 2 rings (SSSR count). The van der Waals surface area contributed by atoms with Crippen LogP contribution in [0.1, 0.15) is 25.8 Å². The van der Waals surface area contributed by atoms with Crippen molar-refractivity contribution in [3.8, 4) is 0 Å². The molecule has 2 atom stereocenters. The summed E-state index contributed by atoms with van der Waals surface area (Å²) < 4.78 is 24.0. The van der Waals surface area contributed by atoms with Crippen LogP contribution in [0, 0.1) is 5.92 Å². The van der Waals surface area contributed by atoms with Crippen LogP contribution in [0.3, 0.4) is 0 Å². The van der Waals surface area contributed by atoms with Crippen molar-refractivity contribution in [2.45, 2.75) is 32.7 Å². The van der Waals surface area contributed by atoms with E-state index in [0.29, 0.717) is 38.0 Å². The number of fused-ring (bicyclic) bond motifs is 1. The first-order valence-electron chi connectivity index (χ1n) is 8.72. The third kappa shape index (κ3) is 5.19. The molecule has 0 radical (unpaired) electrons. The van der Waals surface area contributed by atoms with Crippen LogP contribution in [0.25, 0.3) is 0 Å². The normalized spacial score (nSPS) is 20.4. The van der Waals surface area contributed by atoms with Gasteiger partial charge in [-0.25, -0.2) is 12.7 Å². The Morgan fingerprint density at radius 1 is 1.32 bits per heavy atom. The molecular weight excluding hydrogens is 338 g/mol. The lowest BCUT2D eigenvalue weighted by atomic mass is 9.88. The van der Waals surface area contributed by atoms with E-state index in [1.807, 2.05) is 12.1 Å². The molecule has 25 heavy (non-hydrogen) atoms. The van der Waals surface area contributed by atoms with Gasteiger partial charge >= 0.3 is 0 Å². The fourth-order valence-electron chi connectivity index (χ4n) is 3.14. The molecule has 1 heterocycles. The number of rotatable bonds is 7. The Balaban J connectivity index is 1.88. The highest BCUT2D eigenvalue weighted by Gasteiger charge is 2.29. The van der Waals surface area contributed by atoms with Gasteiger partial charge in [0, 0.05) is 31.9 Å². The van der Waals surface area contributed by atoms with E-state index in [-0.39, 0.29) is 5.91 Å². The minimum atomic E-state index is -3.16. The number of hydrogen-bond acceptors (Lipinski definition) is 4. The van der Waals surface area contributed by atoms with Gasteiger partial charge in [0.1, 0.15) is 0 Å². The summed E-state index contributed by atoms with van der Waals surface area (Å²) in [5, 5.41) is 2.90. The zero-order valence-corrected chi connectivity index (χ0v) is 16.3. The van der Waals surface area contributed by atoms with Crippen LogP contribution in [-0.2, 0) is 21.2 Å². The molecule has 1 aliphatic heterocycles. The van der Waals surface area contributed by atoms with Crippen LogP contribution in [0.15, 0.2) is 24.3 Å². The van der Waals surface area contributed by atoms with Crippen molar-refractivity contribution < 1.29 is 13.2 Å². The topological polar surface area (TPSA) is 69.7 Å². The van der Waals surface area contributed by atoms with Crippen LogP contribution < -0.4 is 10.2 Å². The maximum atomic E-state index is 12.3. The Morgan fingerprint density at radius 3 is 2.68 bits per heavy atom. The number of para-hydroxylation sites is 1. The number of nitrogens with one attached hydrogen (secondary N) is 1. The average molecular weight is 368 g/mol. The Labute approximate surface area is 151 Å². The predicted octanol–water partition coefficient (Wildman–Crippen LogP) is 1.47. The van der Waals surface area contributed by atoms with Crippen molar-refractivity contribution in [1.29, 1.82) is 0 Å². The van der Waals surface area contributed by atoms with Crippen molar-refractivity contribution in [1.82, 2.24) is 9.62 Å². The molecule has 0 saturated carbocycles. The van der Waals surface area contributed by atoms with Crippen LogP contribution in [0.2, 0.25) is 0 Å². The van der Waals surface area contributed by atoms with E-state index in [4.69, 9.17) is 0 Å². The first-order valence-corrected chi connectivity index (χ1v) is 10.6. The monoisotopic (exact) mass is 367 g/mol. The SMILES string of the molecule is CC1Cc2ccccc2N(CC(=O)NCCCN(C)S(C)(=O)=O)C1C. The number of sulfonamides is 1. The molecule has 2 unspecified atom stereocenters. The summed E-state index contributed by atoms with van der Waals surface area (Å²) in [6, 6.07) is 8.55. The third-order valence-corrected chi connectivity index (χ3v) is 6.33. The summed E-state index contributed by atoms with van der Waals surface area (Å²) in [7, 11) is -1.61. The Bertz CT molecular complexity index is 705. The number of benzene rings is 1. The number of hydrogen-bond donors (Lipinski definition) is 1. The van der Waals surface area contributed by atoms with Gasteiger partial charge in [-0.1, -0.05) is 25.1 Å². The summed E-state index contributed by atoms with van der Waals surface area (Å²) in [4.78, 5) is 14.5.